The molecule has 4 aromatic rings. The van der Waals surface area contributed by atoms with Crippen molar-refractivity contribution in [3.05, 3.63) is 107 Å². The Bertz CT molecular complexity index is 1150. The molecule has 0 bridgehead atoms. The minimum atomic E-state index is -0.0236. The second kappa shape index (κ2) is 8.56. The van der Waals surface area contributed by atoms with Gasteiger partial charge in [0, 0.05) is 41.5 Å². The van der Waals surface area contributed by atoms with Crippen molar-refractivity contribution < 1.29 is 4.79 Å². The second-order valence-electron chi connectivity index (χ2n) is 7.32. The summed E-state index contributed by atoms with van der Waals surface area (Å²) in [5.41, 5.74) is 5.52. The summed E-state index contributed by atoms with van der Waals surface area (Å²) >= 11 is 6.07. The van der Waals surface area contributed by atoms with E-state index in [2.05, 4.69) is 0 Å². The summed E-state index contributed by atoms with van der Waals surface area (Å²) in [5.74, 6) is -0.0236. The van der Waals surface area contributed by atoms with Crippen molar-refractivity contribution in [1.82, 2.24) is 14.7 Å². The lowest BCUT2D eigenvalue weighted by molar-refractivity contribution is 0.0785. The molecule has 0 N–H and O–H groups in total. The molecule has 1 aromatic heterocycles. The molecule has 0 radical (unpaired) electrons. The summed E-state index contributed by atoms with van der Waals surface area (Å²) in [6.07, 6.45) is 1.98. The number of para-hydroxylation sites is 1. The van der Waals surface area contributed by atoms with Gasteiger partial charge < -0.3 is 4.90 Å². The summed E-state index contributed by atoms with van der Waals surface area (Å²) in [7, 11) is 1.81. The first-order chi connectivity index (χ1) is 14.5. The van der Waals surface area contributed by atoms with Crippen LogP contribution in [-0.2, 0) is 6.54 Å². The summed E-state index contributed by atoms with van der Waals surface area (Å²) in [4.78, 5) is 14.6. The van der Waals surface area contributed by atoms with E-state index < -0.39 is 0 Å². The Morgan fingerprint density at radius 1 is 0.967 bits per heavy atom. The molecule has 1 heterocycles. The molecule has 30 heavy (non-hydrogen) atoms. The number of benzene rings is 3. The van der Waals surface area contributed by atoms with E-state index in [-0.39, 0.29) is 5.91 Å². The molecule has 4 nitrogen and oxygen atoms in total. The number of carbonyl (C=O) groups excluding carboxylic acids is 1. The zero-order valence-corrected chi connectivity index (χ0v) is 17.7. The van der Waals surface area contributed by atoms with Crippen LogP contribution in [0.2, 0.25) is 5.02 Å². The molecule has 0 atom stereocenters. The quantitative estimate of drug-likeness (QED) is 0.414. The Morgan fingerprint density at radius 3 is 2.30 bits per heavy atom. The van der Waals surface area contributed by atoms with Gasteiger partial charge in [0.05, 0.1) is 11.4 Å². The molecule has 150 valence electrons. The zero-order valence-electron chi connectivity index (χ0n) is 16.9. The highest BCUT2D eigenvalue weighted by atomic mass is 35.5. The van der Waals surface area contributed by atoms with E-state index in [9.17, 15) is 4.79 Å². The first-order valence-corrected chi connectivity index (χ1v) is 10.1. The van der Waals surface area contributed by atoms with E-state index in [0.717, 1.165) is 28.1 Å². The predicted molar refractivity (Wildman–Crippen MR) is 121 cm³/mol. The number of aryl methyl sites for hydroxylation is 1. The molecular weight excluding hydrogens is 394 g/mol. The van der Waals surface area contributed by atoms with Crippen LogP contribution in [0.15, 0.2) is 85.1 Å². The Labute approximate surface area is 181 Å². The van der Waals surface area contributed by atoms with Gasteiger partial charge in [-0.05, 0) is 43.3 Å². The van der Waals surface area contributed by atoms with Crippen molar-refractivity contribution in [2.75, 3.05) is 7.05 Å². The third-order valence-corrected chi connectivity index (χ3v) is 5.23. The Morgan fingerprint density at radius 2 is 1.63 bits per heavy atom. The fourth-order valence-corrected chi connectivity index (χ4v) is 3.46. The van der Waals surface area contributed by atoms with Crippen LogP contribution in [0.4, 0.5) is 0 Å². The maximum absolute atomic E-state index is 12.9. The van der Waals surface area contributed by atoms with Gasteiger partial charge in [0.25, 0.3) is 5.91 Å². The maximum atomic E-state index is 12.9. The van der Waals surface area contributed by atoms with Gasteiger partial charge in [-0.1, -0.05) is 59.6 Å². The van der Waals surface area contributed by atoms with Crippen molar-refractivity contribution in [1.29, 1.82) is 0 Å². The van der Waals surface area contributed by atoms with Crippen LogP contribution in [0.25, 0.3) is 16.9 Å². The number of hydrogen-bond acceptors (Lipinski definition) is 2. The molecule has 0 aliphatic carbocycles. The first kappa shape index (κ1) is 19.9. The number of carbonyl (C=O) groups is 1. The summed E-state index contributed by atoms with van der Waals surface area (Å²) in [6, 6.07) is 25.2. The SMILES string of the molecule is Cc1ccc(C(=O)N(C)Cc2cn(-c3ccccc3)nc2-c2ccc(Cl)cc2)cc1. The van der Waals surface area contributed by atoms with Crippen LogP contribution in [0.3, 0.4) is 0 Å². The number of aromatic nitrogens is 2. The normalized spacial score (nSPS) is 10.8. The van der Waals surface area contributed by atoms with Crippen LogP contribution in [-0.4, -0.2) is 27.6 Å². The van der Waals surface area contributed by atoms with Gasteiger partial charge >= 0.3 is 0 Å². The highest BCUT2D eigenvalue weighted by Crippen LogP contribution is 2.26. The smallest absolute Gasteiger partial charge is 0.253 e. The minimum absolute atomic E-state index is 0.0236. The molecule has 0 spiro atoms. The molecule has 0 fully saturated rings. The molecule has 1 amide bonds. The average molecular weight is 416 g/mol. The standard InChI is InChI=1S/C25H22ClN3O/c1-18-8-10-20(11-9-18)25(30)28(2)16-21-17-29(23-6-4-3-5-7-23)27-24(21)19-12-14-22(26)15-13-19/h3-15,17H,16H2,1-2H3. The predicted octanol–water partition coefficient (Wildman–Crippen LogP) is 5.77. The Balaban J connectivity index is 1.68. The topological polar surface area (TPSA) is 38.1 Å². The van der Waals surface area contributed by atoms with Crippen LogP contribution < -0.4 is 0 Å². The lowest BCUT2D eigenvalue weighted by Crippen LogP contribution is -2.26. The average Bonchev–Trinajstić information content (AvgIpc) is 3.18. The van der Waals surface area contributed by atoms with Gasteiger partial charge in [-0.25, -0.2) is 4.68 Å². The van der Waals surface area contributed by atoms with Crippen molar-refractivity contribution in [3.63, 3.8) is 0 Å². The van der Waals surface area contributed by atoms with E-state index in [0.29, 0.717) is 17.1 Å². The lowest BCUT2D eigenvalue weighted by atomic mass is 10.1. The highest BCUT2D eigenvalue weighted by molar-refractivity contribution is 6.30. The van der Waals surface area contributed by atoms with E-state index >= 15 is 0 Å². The van der Waals surface area contributed by atoms with Gasteiger partial charge in [-0.2, -0.15) is 5.10 Å². The van der Waals surface area contributed by atoms with Crippen LogP contribution in [0, 0.1) is 6.92 Å². The van der Waals surface area contributed by atoms with Crippen molar-refractivity contribution >= 4 is 17.5 Å². The largest absolute Gasteiger partial charge is 0.337 e. The number of nitrogens with zero attached hydrogens (tertiary/aromatic N) is 3. The lowest BCUT2D eigenvalue weighted by Gasteiger charge is -2.17. The van der Waals surface area contributed by atoms with Gasteiger partial charge in [0.2, 0.25) is 0 Å². The van der Waals surface area contributed by atoms with Crippen molar-refractivity contribution in [2.45, 2.75) is 13.5 Å². The van der Waals surface area contributed by atoms with Crippen LogP contribution in [0.5, 0.6) is 0 Å². The molecule has 0 saturated carbocycles. The molecule has 5 heteroatoms. The summed E-state index contributed by atoms with van der Waals surface area (Å²) in [5, 5.41) is 5.49. The highest BCUT2D eigenvalue weighted by Gasteiger charge is 2.18. The molecule has 0 saturated heterocycles. The Kier molecular flexibility index (Phi) is 5.68. The maximum Gasteiger partial charge on any atom is 0.253 e. The van der Waals surface area contributed by atoms with Gasteiger partial charge in [-0.3, -0.25) is 4.79 Å². The molecule has 0 aliphatic heterocycles. The van der Waals surface area contributed by atoms with E-state index in [1.54, 1.807) is 4.90 Å². The van der Waals surface area contributed by atoms with Gasteiger partial charge in [0.1, 0.15) is 0 Å². The first-order valence-electron chi connectivity index (χ1n) is 9.73. The monoisotopic (exact) mass is 415 g/mol. The minimum Gasteiger partial charge on any atom is -0.337 e. The summed E-state index contributed by atoms with van der Waals surface area (Å²) in [6.45, 7) is 2.45. The fourth-order valence-electron chi connectivity index (χ4n) is 3.33. The van der Waals surface area contributed by atoms with Crippen LogP contribution >= 0.6 is 11.6 Å². The third-order valence-electron chi connectivity index (χ3n) is 4.98. The Hall–Kier alpha value is -3.37. The second-order valence-corrected chi connectivity index (χ2v) is 7.75. The number of amides is 1. The van der Waals surface area contributed by atoms with Crippen molar-refractivity contribution in [3.8, 4) is 16.9 Å². The number of halogens is 1. The van der Waals surface area contributed by atoms with Gasteiger partial charge in [0.15, 0.2) is 0 Å². The molecule has 0 aliphatic rings. The molecule has 3 aromatic carbocycles. The third kappa shape index (κ3) is 4.29. The summed E-state index contributed by atoms with van der Waals surface area (Å²) < 4.78 is 1.85. The fraction of sp³-hybridized carbons (Fsp3) is 0.120. The van der Waals surface area contributed by atoms with E-state index in [4.69, 9.17) is 16.7 Å². The number of rotatable bonds is 5. The van der Waals surface area contributed by atoms with E-state index in [1.807, 2.05) is 104 Å². The molecule has 0 unspecified atom stereocenters. The van der Waals surface area contributed by atoms with Crippen molar-refractivity contribution in [2.24, 2.45) is 0 Å². The van der Waals surface area contributed by atoms with Gasteiger partial charge in [-0.15, -0.1) is 0 Å². The molecular formula is C25H22ClN3O. The number of hydrogen-bond donors (Lipinski definition) is 0. The van der Waals surface area contributed by atoms with Crippen LogP contribution in [0.1, 0.15) is 21.5 Å². The van der Waals surface area contributed by atoms with E-state index in [1.165, 1.54) is 0 Å². The zero-order chi connectivity index (χ0) is 21.1. The molecule has 4 rings (SSSR count).